The molecule has 0 aliphatic rings. The standard InChI is InChI=1S/C18H22N2O/c1-13-11-16(9-10-17(13)19-3)18(21)20-12-14(2)15-7-5-4-6-8-15/h4-11,14,19H,12H2,1-3H3,(H,20,21). The number of rotatable bonds is 5. The third kappa shape index (κ3) is 3.85. The number of carbonyl (C=O) groups excluding carboxylic acids is 1. The number of nitrogens with one attached hydrogen (secondary N) is 2. The highest BCUT2D eigenvalue weighted by Crippen LogP contribution is 2.16. The van der Waals surface area contributed by atoms with Gasteiger partial charge in [-0.05, 0) is 42.2 Å². The summed E-state index contributed by atoms with van der Waals surface area (Å²) in [6, 6.07) is 15.9. The molecule has 2 aromatic carbocycles. The second-order valence-corrected chi connectivity index (χ2v) is 5.30. The average Bonchev–Trinajstić information content (AvgIpc) is 2.53. The van der Waals surface area contributed by atoms with Crippen molar-refractivity contribution in [3.8, 4) is 0 Å². The average molecular weight is 282 g/mol. The molecular weight excluding hydrogens is 260 g/mol. The molecule has 21 heavy (non-hydrogen) atoms. The zero-order valence-electron chi connectivity index (χ0n) is 12.8. The molecule has 0 spiro atoms. The Balaban J connectivity index is 1.97. The number of anilines is 1. The van der Waals surface area contributed by atoms with Crippen LogP contribution in [0.2, 0.25) is 0 Å². The van der Waals surface area contributed by atoms with Gasteiger partial charge in [-0.25, -0.2) is 0 Å². The molecule has 1 amide bonds. The third-order valence-electron chi connectivity index (χ3n) is 3.70. The number of amides is 1. The molecule has 0 fully saturated rings. The molecule has 0 aliphatic heterocycles. The maximum Gasteiger partial charge on any atom is 0.251 e. The van der Waals surface area contributed by atoms with Gasteiger partial charge in [0.15, 0.2) is 0 Å². The van der Waals surface area contributed by atoms with Crippen molar-refractivity contribution >= 4 is 11.6 Å². The molecule has 2 N–H and O–H groups in total. The van der Waals surface area contributed by atoms with Gasteiger partial charge in [0.05, 0.1) is 0 Å². The summed E-state index contributed by atoms with van der Waals surface area (Å²) < 4.78 is 0. The lowest BCUT2D eigenvalue weighted by Crippen LogP contribution is -2.27. The number of hydrogen-bond donors (Lipinski definition) is 2. The van der Waals surface area contributed by atoms with Crippen LogP contribution in [0.25, 0.3) is 0 Å². The zero-order chi connectivity index (χ0) is 15.2. The molecule has 0 saturated heterocycles. The van der Waals surface area contributed by atoms with Crippen LogP contribution in [0.4, 0.5) is 5.69 Å². The molecular formula is C18H22N2O. The van der Waals surface area contributed by atoms with Gasteiger partial charge in [0, 0.05) is 24.8 Å². The smallest absolute Gasteiger partial charge is 0.251 e. The van der Waals surface area contributed by atoms with E-state index in [1.807, 2.05) is 50.4 Å². The van der Waals surface area contributed by atoms with Crippen molar-refractivity contribution in [3.63, 3.8) is 0 Å². The van der Waals surface area contributed by atoms with Crippen molar-refractivity contribution in [1.29, 1.82) is 0 Å². The molecule has 0 aliphatic carbocycles. The lowest BCUT2D eigenvalue weighted by Gasteiger charge is -2.14. The van der Waals surface area contributed by atoms with E-state index < -0.39 is 0 Å². The molecule has 0 aromatic heterocycles. The van der Waals surface area contributed by atoms with Crippen LogP contribution in [0, 0.1) is 6.92 Å². The minimum atomic E-state index is -0.0245. The summed E-state index contributed by atoms with van der Waals surface area (Å²) in [6.45, 7) is 4.75. The molecule has 1 atom stereocenters. The fourth-order valence-electron chi connectivity index (χ4n) is 2.33. The van der Waals surface area contributed by atoms with Crippen LogP contribution in [0.15, 0.2) is 48.5 Å². The molecule has 110 valence electrons. The lowest BCUT2D eigenvalue weighted by atomic mass is 10.0. The summed E-state index contributed by atoms with van der Waals surface area (Å²) in [4.78, 5) is 12.2. The Labute approximate surface area is 126 Å². The summed E-state index contributed by atoms with van der Waals surface area (Å²) in [5, 5.41) is 6.10. The first-order valence-electron chi connectivity index (χ1n) is 7.23. The fraction of sp³-hybridized carbons (Fsp3) is 0.278. The highest BCUT2D eigenvalue weighted by Gasteiger charge is 2.10. The van der Waals surface area contributed by atoms with Crippen molar-refractivity contribution in [1.82, 2.24) is 5.32 Å². The van der Waals surface area contributed by atoms with Crippen LogP contribution in [0.5, 0.6) is 0 Å². The van der Waals surface area contributed by atoms with Crippen LogP contribution in [0.1, 0.15) is 34.3 Å². The van der Waals surface area contributed by atoms with Crippen LogP contribution in [0.3, 0.4) is 0 Å². The van der Waals surface area contributed by atoms with Crippen molar-refractivity contribution < 1.29 is 4.79 Å². The lowest BCUT2D eigenvalue weighted by molar-refractivity contribution is 0.0951. The van der Waals surface area contributed by atoms with E-state index >= 15 is 0 Å². The predicted molar refractivity (Wildman–Crippen MR) is 87.9 cm³/mol. The van der Waals surface area contributed by atoms with Gasteiger partial charge in [-0.2, -0.15) is 0 Å². The minimum absolute atomic E-state index is 0.0245. The largest absolute Gasteiger partial charge is 0.388 e. The monoisotopic (exact) mass is 282 g/mol. The predicted octanol–water partition coefficient (Wildman–Crippen LogP) is 3.57. The Kier molecular flexibility index (Phi) is 4.99. The number of benzene rings is 2. The first-order valence-corrected chi connectivity index (χ1v) is 7.23. The van der Waals surface area contributed by atoms with Crippen molar-refractivity contribution in [2.45, 2.75) is 19.8 Å². The van der Waals surface area contributed by atoms with E-state index in [0.717, 1.165) is 11.3 Å². The molecule has 0 bridgehead atoms. The highest BCUT2D eigenvalue weighted by atomic mass is 16.1. The molecule has 2 aromatic rings. The van der Waals surface area contributed by atoms with Gasteiger partial charge in [0.25, 0.3) is 5.91 Å². The maximum atomic E-state index is 12.2. The highest BCUT2D eigenvalue weighted by molar-refractivity contribution is 5.94. The van der Waals surface area contributed by atoms with E-state index in [1.165, 1.54) is 5.56 Å². The first kappa shape index (κ1) is 15.1. The molecule has 0 heterocycles. The Morgan fingerprint density at radius 2 is 1.86 bits per heavy atom. The van der Waals surface area contributed by atoms with Crippen LogP contribution in [-0.4, -0.2) is 19.5 Å². The maximum absolute atomic E-state index is 12.2. The van der Waals surface area contributed by atoms with Crippen molar-refractivity contribution in [3.05, 3.63) is 65.2 Å². The molecule has 2 rings (SSSR count). The van der Waals surface area contributed by atoms with Crippen LogP contribution >= 0.6 is 0 Å². The Bertz CT molecular complexity index is 608. The van der Waals surface area contributed by atoms with Crippen LogP contribution < -0.4 is 10.6 Å². The third-order valence-corrected chi connectivity index (χ3v) is 3.70. The van der Waals surface area contributed by atoms with Gasteiger partial charge in [0.2, 0.25) is 0 Å². The molecule has 0 radical (unpaired) electrons. The van der Waals surface area contributed by atoms with Gasteiger partial charge >= 0.3 is 0 Å². The summed E-state index contributed by atoms with van der Waals surface area (Å²) in [5.41, 5.74) is 4.05. The summed E-state index contributed by atoms with van der Waals surface area (Å²) >= 11 is 0. The van der Waals surface area contributed by atoms with E-state index in [9.17, 15) is 4.79 Å². The van der Waals surface area contributed by atoms with Gasteiger partial charge < -0.3 is 10.6 Å². The van der Waals surface area contributed by atoms with E-state index in [0.29, 0.717) is 18.0 Å². The second-order valence-electron chi connectivity index (χ2n) is 5.30. The molecule has 3 heteroatoms. The van der Waals surface area contributed by atoms with Crippen LogP contribution in [-0.2, 0) is 0 Å². The Morgan fingerprint density at radius 3 is 2.48 bits per heavy atom. The van der Waals surface area contributed by atoms with Gasteiger partial charge in [-0.3, -0.25) is 4.79 Å². The zero-order valence-corrected chi connectivity index (χ0v) is 12.8. The summed E-state index contributed by atoms with van der Waals surface area (Å²) in [5.74, 6) is 0.274. The fourth-order valence-corrected chi connectivity index (χ4v) is 2.33. The molecule has 3 nitrogen and oxygen atoms in total. The number of aryl methyl sites for hydroxylation is 1. The SMILES string of the molecule is CNc1ccc(C(=O)NCC(C)c2ccccc2)cc1C. The Hall–Kier alpha value is -2.29. The number of hydrogen-bond acceptors (Lipinski definition) is 2. The second kappa shape index (κ2) is 6.93. The quantitative estimate of drug-likeness (QED) is 0.880. The normalized spacial score (nSPS) is 11.8. The minimum Gasteiger partial charge on any atom is -0.388 e. The molecule has 0 saturated carbocycles. The molecule has 1 unspecified atom stereocenters. The van der Waals surface area contributed by atoms with Crippen molar-refractivity contribution in [2.24, 2.45) is 0 Å². The topological polar surface area (TPSA) is 41.1 Å². The summed E-state index contributed by atoms with van der Waals surface area (Å²) in [6.07, 6.45) is 0. The first-order chi connectivity index (χ1) is 10.1. The van der Waals surface area contributed by atoms with Crippen molar-refractivity contribution in [2.75, 3.05) is 18.9 Å². The number of carbonyl (C=O) groups is 1. The van der Waals surface area contributed by atoms with Gasteiger partial charge in [0.1, 0.15) is 0 Å². The van der Waals surface area contributed by atoms with E-state index in [4.69, 9.17) is 0 Å². The van der Waals surface area contributed by atoms with E-state index in [-0.39, 0.29) is 5.91 Å². The summed E-state index contributed by atoms with van der Waals surface area (Å²) in [7, 11) is 1.88. The van der Waals surface area contributed by atoms with E-state index in [2.05, 4.69) is 29.7 Å². The Morgan fingerprint density at radius 1 is 1.14 bits per heavy atom. The van der Waals surface area contributed by atoms with Gasteiger partial charge in [-0.1, -0.05) is 37.3 Å². The van der Waals surface area contributed by atoms with E-state index in [1.54, 1.807) is 0 Å². The van der Waals surface area contributed by atoms with Gasteiger partial charge in [-0.15, -0.1) is 0 Å².